The van der Waals surface area contributed by atoms with Crippen LogP contribution in [0, 0.1) is 0 Å². The number of carbonyl (C=O) groups excluding carboxylic acids is 3. The number of fused-ring (bicyclic) bond motifs is 1. The van der Waals surface area contributed by atoms with E-state index in [0.29, 0.717) is 17.0 Å². The van der Waals surface area contributed by atoms with Crippen LogP contribution < -0.4 is 10.2 Å². The molecule has 0 spiro atoms. The van der Waals surface area contributed by atoms with Crippen LogP contribution in [0.25, 0.3) is 0 Å². The van der Waals surface area contributed by atoms with Crippen molar-refractivity contribution in [3.05, 3.63) is 23.8 Å². The van der Waals surface area contributed by atoms with Crippen molar-refractivity contribution in [3.8, 4) is 0 Å². The molecule has 3 rings (SSSR count). The van der Waals surface area contributed by atoms with Crippen LogP contribution in [0.3, 0.4) is 0 Å². The maximum absolute atomic E-state index is 12.8. The molecular formula is C19H25N3O3S. The first kappa shape index (κ1) is 18.8. The molecule has 0 unspecified atom stereocenters. The van der Waals surface area contributed by atoms with Gasteiger partial charge in [0.25, 0.3) is 5.91 Å². The van der Waals surface area contributed by atoms with Crippen molar-refractivity contribution in [2.24, 2.45) is 0 Å². The number of hydrogen-bond donors (Lipinski definition) is 1. The average Bonchev–Trinajstić information content (AvgIpc) is 2.63. The zero-order valence-electron chi connectivity index (χ0n) is 15.3. The Kier molecular flexibility index (Phi) is 5.86. The molecule has 140 valence electrons. The summed E-state index contributed by atoms with van der Waals surface area (Å²) < 4.78 is 0. The summed E-state index contributed by atoms with van der Waals surface area (Å²) in [4.78, 5) is 41.6. The minimum Gasteiger partial charge on any atom is -0.352 e. The molecule has 1 N–H and O–H groups in total. The number of benzene rings is 1. The van der Waals surface area contributed by atoms with Crippen LogP contribution in [-0.4, -0.2) is 54.1 Å². The summed E-state index contributed by atoms with van der Waals surface area (Å²) in [6.07, 6.45) is 3.23. The minimum absolute atomic E-state index is 0.00195. The van der Waals surface area contributed by atoms with Gasteiger partial charge in [-0.05, 0) is 51.3 Å². The lowest BCUT2D eigenvalue weighted by Crippen LogP contribution is -2.45. The number of thioether (sulfide) groups is 1. The standard InChI is InChI=1S/C19H25N3O3S/c1-13(2)20-17(23)11-22-15-10-14(6-7-16(15)26-12-18(22)24)19(25)21-8-4-3-5-9-21/h6-7,10,13H,3-5,8-9,11-12H2,1-2H3,(H,20,23). The van der Waals surface area contributed by atoms with Crippen LogP contribution in [0.15, 0.2) is 23.1 Å². The number of nitrogens with zero attached hydrogens (tertiary/aromatic N) is 2. The van der Waals surface area contributed by atoms with E-state index < -0.39 is 0 Å². The van der Waals surface area contributed by atoms with E-state index in [-0.39, 0.29) is 30.3 Å². The van der Waals surface area contributed by atoms with E-state index >= 15 is 0 Å². The van der Waals surface area contributed by atoms with Crippen LogP contribution in [0.4, 0.5) is 5.69 Å². The molecule has 0 atom stereocenters. The zero-order chi connectivity index (χ0) is 18.7. The van der Waals surface area contributed by atoms with Crippen molar-refractivity contribution in [1.82, 2.24) is 10.2 Å². The van der Waals surface area contributed by atoms with E-state index in [1.165, 1.54) is 16.7 Å². The fraction of sp³-hybridized carbons (Fsp3) is 0.526. The molecule has 6 nitrogen and oxygen atoms in total. The highest BCUT2D eigenvalue weighted by atomic mass is 32.2. The number of likely N-dealkylation sites (tertiary alicyclic amines) is 1. The van der Waals surface area contributed by atoms with E-state index in [9.17, 15) is 14.4 Å². The fourth-order valence-electron chi connectivity index (χ4n) is 3.30. The molecule has 0 bridgehead atoms. The molecule has 7 heteroatoms. The Morgan fingerprint density at radius 1 is 1.19 bits per heavy atom. The van der Waals surface area contributed by atoms with E-state index in [1.807, 2.05) is 30.9 Å². The molecule has 2 aliphatic heterocycles. The Balaban J connectivity index is 1.83. The summed E-state index contributed by atoms with van der Waals surface area (Å²) in [6.45, 7) is 5.31. The second-order valence-electron chi connectivity index (χ2n) is 7.03. The normalized spacial score (nSPS) is 17.3. The van der Waals surface area contributed by atoms with Crippen LogP contribution in [0.2, 0.25) is 0 Å². The number of anilines is 1. The minimum atomic E-state index is -0.195. The van der Waals surface area contributed by atoms with Gasteiger partial charge >= 0.3 is 0 Å². The Bertz CT molecular complexity index is 714. The van der Waals surface area contributed by atoms with Crippen molar-refractivity contribution in [2.45, 2.75) is 44.0 Å². The first-order chi connectivity index (χ1) is 12.5. The summed E-state index contributed by atoms with van der Waals surface area (Å²) >= 11 is 1.45. The molecule has 2 heterocycles. The topological polar surface area (TPSA) is 69.7 Å². The number of hydrogen-bond acceptors (Lipinski definition) is 4. The predicted octanol–water partition coefficient (Wildman–Crippen LogP) is 2.28. The van der Waals surface area contributed by atoms with E-state index in [1.54, 1.807) is 6.07 Å². The van der Waals surface area contributed by atoms with Gasteiger partial charge in [0.15, 0.2) is 0 Å². The number of carbonyl (C=O) groups is 3. The van der Waals surface area contributed by atoms with E-state index in [2.05, 4.69) is 5.32 Å². The lowest BCUT2D eigenvalue weighted by molar-refractivity contribution is -0.123. The van der Waals surface area contributed by atoms with Gasteiger partial charge in [-0.3, -0.25) is 14.4 Å². The Morgan fingerprint density at radius 3 is 2.62 bits per heavy atom. The van der Waals surface area contributed by atoms with Crippen molar-refractivity contribution < 1.29 is 14.4 Å². The molecular weight excluding hydrogens is 350 g/mol. The van der Waals surface area contributed by atoms with E-state index in [4.69, 9.17) is 0 Å². The molecule has 0 aliphatic carbocycles. The largest absolute Gasteiger partial charge is 0.352 e. The second kappa shape index (κ2) is 8.12. The molecule has 26 heavy (non-hydrogen) atoms. The predicted molar refractivity (Wildman–Crippen MR) is 103 cm³/mol. The molecule has 1 saturated heterocycles. The van der Waals surface area contributed by atoms with Crippen LogP contribution in [0.5, 0.6) is 0 Å². The summed E-state index contributed by atoms with van der Waals surface area (Å²) in [6, 6.07) is 5.49. The van der Waals surface area contributed by atoms with Gasteiger partial charge in [0.1, 0.15) is 6.54 Å². The fourth-order valence-corrected chi connectivity index (χ4v) is 4.22. The average molecular weight is 375 g/mol. The summed E-state index contributed by atoms with van der Waals surface area (Å²) in [5.41, 5.74) is 1.24. The van der Waals surface area contributed by atoms with Gasteiger partial charge in [-0.2, -0.15) is 0 Å². The molecule has 2 aliphatic rings. The van der Waals surface area contributed by atoms with Gasteiger partial charge in [0, 0.05) is 29.6 Å². The van der Waals surface area contributed by atoms with Crippen molar-refractivity contribution in [2.75, 3.05) is 30.3 Å². The first-order valence-corrected chi connectivity index (χ1v) is 10.1. The summed E-state index contributed by atoms with van der Waals surface area (Å²) in [5, 5.41) is 2.82. The number of rotatable bonds is 4. The lowest BCUT2D eigenvalue weighted by Gasteiger charge is -2.30. The Labute approximate surface area is 158 Å². The van der Waals surface area contributed by atoms with Gasteiger partial charge in [-0.15, -0.1) is 11.8 Å². The van der Waals surface area contributed by atoms with Crippen LogP contribution in [-0.2, 0) is 9.59 Å². The third-order valence-corrected chi connectivity index (χ3v) is 5.59. The number of piperidine rings is 1. The molecule has 3 amide bonds. The second-order valence-corrected chi connectivity index (χ2v) is 8.04. The molecule has 0 radical (unpaired) electrons. The van der Waals surface area contributed by atoms with E-state index in [0.717, 1.165) is 37.2 Å². The van der Waals surface area contributed by atoms with Gasteiger partial charge in [0.2, 0.25) is 11.8 Å². The third kappa shape index (κ3) is 4.20. The molecule has 0 aromatic heterocycles. The molecule has 1 aromatic rings. The summed E-state index contributed by atoms with van der Waals surface area (Å²) in [7, 11) is 0. The smallest absolute Gasteiger partial charge is 0.253 e. The van der Waals surface area contributed by atoms with Crippen molar-refractivity contribution >= 4 is 35.2 Å². The highest BCUT2D eigenvalue weighted by Gasteiger charge is 2.28. The highest BCUT2D eigenvalue weighted by Crippen LogP contribution is 2.36. The maximum Gasteiger partial charge on any atom is 0.253 e. The quantitative estimate of drug-likeness (QED) is 0.877. The number of nitrogens with one attached hydrogen (secondary N) is 1. The summed E-state index contributed by atoms with van der Waals surface area (Å²) in [5.74, 6) is 0.00603. The van der Waals surface area contributed by atoms with Gasteiger partial charge in [-0.25, -0.2) is 0 Å². The Morgan fingerprint density at radius 2 is 1.92 bits per heavy atom. The van der Waals surface area contributed by atoms with Gasteiger partial charge in [0.05, 0.1) is 11.4 Å². The van der Waals surface area contributed by atoms with Gasteiger partial charge in [-0.1, -0.05) is 0 Å². The molecule has 1 aromatic carbocycles. The maximum atomic E-state index is 12.8. The molecule has 1 fully saturated rings. The zero-order valence-corrected chi connectivity index (χ0v) is 16.1. The van der Waals surface area contributed by atoms with Crippen LogP contribution in [0.1, 0.15) is 43.5 Å². The van der Waals surface area contributed by atoms with Crippen molar-refractivity contribution in [1.29, 1.82) is 0 Å². The lowest BCUT2D eigenvalue weighted by atomic mass is 10.1. The molecule has 0 saturated carbocycles. The monoisotopic (exact) mass is 375 g/mol. The van der Waals surface area contributed by atoms with Gasteiger partial charge < -0.3 is 15.1 Å². The van der Waals surface area contributed by atoms with Crippen molar-refractivity contribution in [3.63, 3.8) is 0 Å². The SMILES string of the molecule is CC(C)NC(=O)CN1C(=O)CSc2ccc(C(=O)N3CCCCC3)cc21. The highest BCUT2D eigenvalue weighted by molar-refractivity contribution is 8.00. The van der Waals surface area contributed by atoms with Crippen LogP contribution >= 0.6 is 11.8 Å². The Hall–Kier alpha value is -2.02. The number of amides is 3. The third-order valence-electron chi connectivity index (χ3n) is 4.54. The first-order valence-electron chi connectivity index (χ1n) is 9.11.